The molecule has 116 valence electrons. The average Bonchev–Trinajstić information content (AvgIpc) is 2.55. The van der Waals surface area contributed by atoms with Crippen molar-refractivity contribution in [3.05, 3.63) is 75.6 Å². The van der Waals surface area contributed by atoms with Crippen LogP contribution in [0.3, 0.4) is 0 Å². The van der Waals surface area contributed by atoms with Crippen molar-refractivity contribution in [3.8, 4) is 5.75 Å². The van der Waals surface area contributed by atoms with Gasteiger partial charge in [0.2, 0.25) is 0 Å². The number of ether oxygens (including phenoxy) is 1. The van der Waals surface area contributed by atoms with Crippen molar-refractivity contribution in [3.63, 3.8) is 0 Å². The first kappa shape index (κ1) is 15.0. The average molecular weight is 308 g/mol. The number of hydrogen-bond donors (Lipinski definition) is 0. The van der Waals surface area contributed by atoms with Gasteiger partial charge in [-0.05, 0) is 48.7 Å². The van der Waals surface area contributed by atoms with Gasteiger partial charge in [-0.2, -0.15) is 0 Å². The van der Waals surface area contributed by atoms with E-state index >= 15 is 0 Å². The second kappa shape index (κ2) is 6.08. The molecule has 4 heteroatoms. The molecule has 23 heavy (non-hydrogen) atoms. The summed E-state index contributed by atoms with van der Waals surface area (Å²) in [6, 6.07) is 14.2. The second-order valence-corrected chi connectivity index (χ2v) is 5.33. The molecule has 1 heterocycles. The van der Waals surface area contributed by atoms with Crippen molar-refractivity contribution in [1.29, 1.82) is 0 Å². The molecule has 0 amide bonds. The molecule has 0 fully saturated rings. The van der Waals surface area contributed by atoms with Crippen LogP contribution in [0.25, 0.3) is 11.0 Å². The summed E-state index contributed by atoms with van der Waals surface area (Å²) in [5.41, 5.74) is 1.58. The van der Waals surface area contributed by atoms with Crippen LogP contribution in [-0.4, -0.2) is 5.97 Å². The Balaban J connectivity index is 2.01. The van der Waals surface area contributed by atoms with E-state index in [0.717, 1.165) is 17.5 Å². The molecule has 0 saturated heterocycles. The Labute approximate surface area is 133 Å². The number of carbonyl (C=O) groups excluding carboxylic acids is 1. The second-order valence-electron chi connectivity index (χ2n) is 5.33. The summed E-state index contributed by atoms with van der Waals surface area (Å²) in [5, 5.41) is 0.709. The molecule has 0 aliphatic rings. The molecule has 3 aromatic rings. The Hall–Kier alpha value is -2.88. The topological polar surface area (TPSA) is 56.5 Å². The molecule has 0 radical (unpaired) electrons. The van der Waals surface area contributed by atoms with E-state index in [2.05, 4.69) is 0 Å². The molecule has 0 spiro atoms. The van der Waals surface area contributed by atoms with Crippen molar-refractivity contribution in [2.75, 3.05) is 0 Å². The van der Waals surface area contributed by atoms with E-state index in [4.69, 9.17) is 9.15 Å². The van der Waals surface area contributed by atoms with Gasteiger partial charge in [-0.3, -0.25) is 0 Å². The normalized spacial score (nSPS) is 10.7. The van der Waals surface area contributed by atoms with Crippen LogP contribution in [0.2, 0.25) is 0 Å². The predicted octanol–water partition coefficient (Wildman–Crippen LogP) is 3.88. The van der Waals surface area contributed by atoms with Crippen LogP contribution in [-0.2, 0) is 6.42 Å². The monoisotopic (exact) mass is 308 g/mol. The molecule has 2 aromatic carbocycles. The van der Waals surface area contributed by atoms with Crippen LogP contribution in [0.1, 0.15) is 28.4 Å². The smallest absolute Gasteiger partial charge is 0.351 e. The van der Waals surface area contributed by atoms with Gasteiger partial charge in [0.15, 0.2) is 0 Å². The highest BCUT2D eigenvalue weighted by molar-refractivity contribution is 5.94. The zero-order valence-electron chi connectivity index (χ0n) is 13.0. The largest absolute Gasteiger partial charge is 0.422 e. The van der Waals surface area contributed by atoms with E-state index in [1.54, 1.807) is 18.2 Å². The van der Waals surface area contributed by atoms with Crippen LogP contribution in [0.4, 0.5) is 0 Å². The minimum atomic E-state index is -0.711. The van der Waals surface area contributed by atoms with E-state index < -0.39 is 11.6 Å². The van der Waals surface area contributed by atoms with Gasteiger partial charge in [0.1, 0.15) is 16.9 Å². The van der Waals surface area contributed by atoms with Crippen LogP contribution < -0.4 is 10.4 Å². The molecular formula is C19H16O4. The highest BCUT2D eigenvalue weighted by Crippen LogP contribution is 2.19. The SMILES string of the molecule is CCc1ccc2oc(=O)c(C(=O)Oc3ccccc3C)cc2c1. The Morgan fingerprint density at radius 1 is 1.13 bits per heavy atom. The van der Waals surface area contributed by atoms with Crippen molar-refractivity contribution in [2.45, 2.75) is 20.3 Å². The van der Waals surface area contributed by atoms with Gasteiger partial charge < -0.3 is 9.15 Å². The molecule has 0 aliphatic heterocycles. The lowest BCUT2D eigenvalue weighted by molar-refractivity contribution is 0.0729. The lowest BCUT2D eigenvalue weighted by Gasteiger charge is -2.07. The molecule has 0 bridgehead atoms. The molecule has 1 aromatic heterocycles. The standard InChI is InChI=1S/C19H16O4/c1-3-13-8-9-17-14(10-13)11-15(19(21)23-17)18(20)22-16-7-5-4-6-12(16)2/h4-11H,3H2,1-2H3. The van der Waals surface area contributed by atoms with E-state index in [9.17, 15) is 9.59 Å². The Morgan fingerprint density at radius 2 is 1.91 bits per heavy atom. The van der Waals surface area contributed by atoms with Crippen molar-refractivity contribution < 1.29 is 13.9 Å². The summed E-state index contributed by atoms with van der Waals surface area (Å²) in [6.07, 6.45) is 0.859. The minimum Gasteiger partial charge on any atom is -0.422 e. The summed E-state index contributed by atoms with van der Waals surface area (Å²) in [4.78, 5) is 24.3. The highest BCUT2D eigenvalue weighted by atomic mass is 16.5. The van der Waals surface area contributed by atoms with Crippen LogP contribution in [0.5, 0.6) is 5.75 Å². The van der Waals surface area contributed by atoms with Crippen LogP contribution in [0.15, 0.2) is 57.7 Å². The maximum atomic E-state index is 12.3. The fourth-order valence-electron chi connectivity index (χ4n) is 2.36. The van der Waals surface area contributed by atoms with Gasteiger partial charge in [-0.1, -0.05) is 31.2 Å². The lowest BCUT2D eigenvalue weighted by Crippen LogP contribution is -2.19. The van der Waals surface area contributed by atoms with E-state index in [-0.39, 0.29) is 5.56 Å². The Bertz CT molecular complexity index is 937. The number of rotatable bonds is 3. The van der Waals surface area contributed by atoms with Crippen molar-refractivity contribution >= 4 is 16.9 Å². The number of fused-ring (bicyclic) bond motifs is 1. The predicted molar refractivity (Wildman–Crippen MR) is 88.0 cm³/mol. The van der Waals surface area contributed by atoms with Crippen LogP contribution >= 0.6 is 0 Å². The summed E-state index contributed by atoms with van der Waals surface area (Å²) in [6.45, 7) is 3.87. The summed E-state index contributed by atoms with van der Waals surface area (Å²) >= 11 is 0. The fraction of sp³-hybridized carbons (Fsp3) is 0.158. The zero-order chi connectivity index (χ0) is 16.4. The quantitative estimate of drug-likeness (QED) is 0.418. The van der Waals surface area contributed by atoms with Gasteiger partial charge >= 0.3 is 11.6 Å². The van der Waals surface area contributed by atoms with E-state index in [1.165, 1.54) is 6.07 Å². The molecule has 0 atom stereocenters. The highest BCUT2D eigenvalue weighted by Gasteiger charge is 2.17. The van der Waals surface area contributed by atoms with Gasteiger partial charge in [0.05, 0.1) is 0 Å². The first-order valence-electron chi connectivity index (χ1n) is 7.43. The van der Waals surface area contributed by atoms with E-state index in [0.29, 0.717) is 16.7 Å². The molecule has 4 nitrogen and oxygen atoms in total. The van der Waals surface area contributed by atoms with Crippen molar-refractivity contribution in [2.24, 2.45) is 0 Å². The van der Waals surface area contributed by atoms with Crippen LogP contribution in [0, 0.1) is 6.92 Å². The van der Waals surface area contributed by atoms with Crippen molar-refractivity contribution in [1.82, 2.24) is 0 Å². The molecule has 0 N–H and O–H groups in total. The molecule has 3 rings (SSSR count). The third-order valence-electron chi connectivity index (χ3n) is 3.72. The molecule has 0 unspecified atom stereocenters. The molecule has 0 saturated carbocycles. The third-order valence-corrected chi connectivity index (χ3v) is 3.72. The van der Waals surface area contributed by atoms with Gasteiger partial charge in [0, 0.05) is 5.39 Å². The Morgan fingerprint density at radius 3 is 2.65 bits per heavy atom. The summed E-state index contributed by atoms with van der Waals surface area (Å²) in [7, 11) is 0. The summed E-state index contributed by atoms with van der Waals surface area (Å²) in [5.74, 6) is -0.281. The first-order valence-corrected chi connectivity index (χ1v) is 7.43. The fourth-order valence-corrected chi connectivity index (χ4v) is 2.36. The maximum absolute atomic E-state index is 12.3. The summed E-state index contributed by atoms with van der Waals surface area (Å²) < 4.78 is 10.5. The number of esters is 1. The van der Waals surface area contributed by atoms with Gasteiger partial charge in [-0.15, -0.1) is 0 Å². The third kappa shape index (κ3) is 3.01. The Kier molecular flexibility index (Phi) is 3.98. The first-order chi connectivity index (χ1) is 11.1. The molecule has 0 aliphatic carbocycles. The number of benzene rings is 2. The minimum absolute atomic E-state index is 0.103. The maximum Gasteiger partial charge on any atom is 0.351 e. The molecular weight excluding hydrogens is 292 g/mol. The van der Waals surface area contributed by atoms with E-state index in [1.807, 2.05) is 38.1 Å². The number of carbonyl (C=O) groups is 1. The lowest BCUT2D eigenvalue weighted by atomic mass is 10.1. The van der Waals surface area contributed by atoms with Gasteiger partial charge in [-0.25, -0.2) is 9.59 Å². The number of aryl methyl sites for hydroxylation is 2. The number of para-hydroxylation sites is 1. The number of hydrogen-bond acceptors (Lipinski definition) is 4. The van der Waals surface area contributed by atoms with Gasteiger partial charge in [0.25, 0.3) is 0 Å². The zero-order valence-corrected chi connectivity index (χ0v) is 13.0.